The summed E-state index contributed by atoms with van der Waals surface area (Å²) in [6.45, 7) is 9.12. The summed E-state index contributed by atoms with van der Waals surface area (Å²) >= 11 is 9.83. The van der Waals surface area contributed by atoms with Crippen molar-refractivity contribution in [2.24, 2.45) is 23.7 Å². The molecule has 0 N–H and O–H groups in total. The van der Waals surface area contributed by atoms with E-state index in [9.17, 15) is 79.2 Å². The lowest BCUT2D eigenvalue weighted by Crippen LogP contribution is -2.41. The van der Waals surface area contributed by atoms with Gasteiger partial charge in [-0.1, -0.05) is 17.7 Å². The zero-order valence-corrected chi connectivity index (χ0v) is 80.1. The molecule has 0 amide bonds. The first kappa shape index (κ1) is 97.2. The Morgan fingerprint density at radius 1 is 0.314 bits per heavy atom. The monoisotopic (exact) mass is 2030 g/mol. The van der Waals surface area contributed by atoms with Crippen LogP contribution in [0.5, 0.6) is 0 Å². The molecule has 15 heterocycles. The van der Waals surface area contributed by atoms with Crippen LogP contribution in [0.3, 0.4) is 0 Å². The number of nitrogens with zero attached hydrogens (tertiary/aromatic N) is 15. The van der Waals surface area contributed by atoms with Crippen molar-refractivity contribution in [3.63, 3.8) is 0 Å². The molecule has 137 heavy (non-hydrogen) atoms. The number of hydrogen-bond donors (Lipinski definition) is 0. The van der Waals surface area contributed by atoms with Crippen molar-refractivity contribution in [2.45, 2.75) is 205 Å². The quantitative estimate of drug-likeness (QED) is 0.0411. The highest BCUT2D eigenvalue weighted by Gasteiger charge is 2.62. The summed E-state index contributed by atoms with van der Waals surface area (Å²) in [6, 6.07) is 23.1. The molecular weight excluding hydrogens is 1940 g/mol. The topological polar surface area (TPSA) is 360 Å². The Labute approximate surface area is 801 Å². The lowest BCUT2D eigenvalue weighted by molar-refractivity contribution is -0.123. The third-order valence-electron chi connectivity index (χ3n) is 26.9. The SMILES string of the molecule is Cc1ncc(-c2cc(CCC(=O)[C@@H]3C4CC(C4)N3S(=O)(=O)c3ccc(F)c(F)c3)c(Cl)cn2)cn1.Cc1ncc(-c2cc(CCC(=O)[C@@H]3C4CC(C4)N3S(=O)(=O)c3ccc(F)cc3)c(Br)cn2)cn1.Cc1ncc(-c2cc(CCC(=O)[C@@H]3C4CC(C4)N3S(=O)(=O)c3ccc(F)cc3)c(C)cn2)cn1.Cc1ncc(-c2ccc(F)c(CCC(=O)[C@@H]3C4CC(C4)N3S(=O)(=O)c3ccc(F)cc3)c2)cn1. The second kappa shape index (κ2) is 39.8. The van der Waals surface area contributed by atoms with Crippen LogP contribution in [0.4, 0.5) is 26.3 Å². The standard InChI is InChI=1S/C25H23F2N3O3S.C25H25FN4O3S.C24H22BrFN4O3S.C24H21ClF2N4O3S/c1-15-28-13-19(14-29-15)16-2-8-23(27)17(10-16)3-9-24(31)25-18-11-21(12-18)30(25)34(32,33)22-6-4-20(26)5-7-22;1-15-12-29-23(19-13-27-16(2)28-14-19)11-17(15)3-8-24(31)25-18-9-21(10-18)30(25)34(32,33)22-6-4-20(26)5-7-22;1-14-27-11-17(12-28-14)22-10-15(21(25)13-29-22)2-7-23(31)24-16-8-19(9-16)30(24)34(32,33)20-5-3-18(26)4-6-20;1-13-28-10-16(11-29-13)22-8-14(19(25)12-30-22)2-5-23(32)24-15-6-17(7-15)31(24)35(33,34)18-3-4-20(26)21(27)9-18/h2,4-8,10,13-14,18,21,25H,3,9,11-12H2,1H3;4-7,11-14,18,21,25H,3,8-10H2,1-2H3;3-6,10-13,16,19,24H,2,7-9H2,1H3;3-4,8-12,15,17,24H,2,5-7H2,1H3/t2*18?,21?,25-;16?,19?,24-;15?,17?,24-/m0000/s1. The number of aromatic nitrogens is 11. The smallest absolute Gasteiger partial charge is 0.244 e. The highest BCUT2D eigenvalue weighted by atomic mass is 79.9. The van der Waals surface area contributed by atoms with E-state index in [4.69, 9.17) is 11.6 Å². The number of benzene rings is 5. The van der Waals surface area contributed by atoms with Crippen molar-refractivity contribution in [3.05, 3.63) is 291 Å². The summed E-state index contributed by atoms with van der Waals surface area (Å²) < 4.78 is 194. The van der Waals surface area contributed by atoms with E-state index in [-0.39, 0.29) is 123 Å². The molecule has 12 aromatic rings. The number of carbonyl (C=O) groups is 4. The molecule has 39 heteroatoms. The molecule has 0 unspecified atom stereocenters. The molecule has 0 radical (unpaired) electrons. The van der Waals surface area contributed by atoms with Crippen LogP contribution in [0.1, 0.15) is 128 Å². The Kier molecular flexibility index (Phi) is 28.2. The predicted molar refractivity (Wildman–Crippen MR) is 496 cm³/mol. The molecule has 12 aliphatic rings. The fourth-order valence-electron chi connectivity index (χ4n) is 19.4. The van der Waals surface area contributed by atoms with Crippen molar-refractivity contribution in [2.75, 3.05) is 0 Å². The van der Waals surface area contributed by atoms with E-state index >= 15 is 0 Å². The van der Waals surface area contributed by atoms with Gasteiger partial charge in [-0.15, -0.1) is 0 Å². The number of hydrogen-bond acceptors (Lipinski definition) is 23. The molecule has 24 rings (SSSR count). The van der Waals surface area contributed by atoms with Gasteiger partial charge >= 0.3 is 0 Å². The first-order valence-electron chi connectivity index (χ1n) is 44.5. The van der Waals surface area contributed by atoms with Gasteiger partial charge in [0.2, 0.25) is 40.1 Å². The summed E-state index contributed by atoms with van der Waals surface area (Å²) in [4.78, 5) is 99.4. The van der Waals surface area contributed by atoms with E-state index in [0.717, 1.165) is 97.6 Å². The molecule has 27 nitrogen and oxygen atoms in total. The number of aryl methyl sites for hydroxylation is 9. The lowest BCUT2D eigenvalue weighted by Gasteiger charge is -2.25. The van der Waals surface area contributed by atoms with Gasteiger partial charge in [0.1, 0.15) is 46.6 Å². The molecule has 12 fully saturated rings. The molecular formula is C98H91BrClF6N15O12S4. The van der Waals surface area contributed by atoms with Crippen LogP contribution in [-0.2, 0) is 85.0 Å². The fourth-order valence-corrected chi connectivity index (χ4v) is 27.5. The first-order valence-corrected chi connectivity index (χ1v) is 51.5. The minimum absolute atomic E-state index is 0.0149. The van der Waals surface area contributed by atoms with Gasteiger partial charge in [0.25, 0.3) is 0 Å². The first-order chi connectivity index (χ1) is 65.4. The van der Waals surface area contributed by atoms with Gasteiger partial charge < -0.3 is 0 Å². The van der Waals surface area contributed by atoms with Gasteiger partial charge in [-0.25, -0.2) is 99.9 Å². The van der Waals surface area contributed by atoms with Gasteiger partial charge in [0.05, 0.1) is 65.9 Å². The molecule has 8 saturated heterocycles. The molecule has 7 aromatic heterocycles. The minimum atomic E-state index is -4.16. The van der Waals surface area contributed by atoms with Crippen molar-refractivity contribution >= 4 is 90.8 Å². The third-order valence-corrected chi connectivity index (χ3v) is 35.7. The number of pyridine rings is 3. The molecule has 710 valence electrons. The normalized spacial score (nSPS) is 21.8. The lowest BCUT2D eigenvalue weighted by atomic mass is 9.81. The maximum Gasteiger partial charge on any atom is 0.244 e. The number of halogens is 8. The van der Waals surface area contributed by atoms with Gasteiger partial charge in [-0.3, -0.25) is 34.1 Å². The van der Waals surface area contributed by atoms with Crippen molar-refractivity contribution in [1.82, 2.24) is 72.0 Å². The predicted octanol–water partition coefficient (Wildman–Crippen LogP) is 16.0. The molecule has 4 saturated carbocycles. The summed E-state index contributed by atoms with van der Waals surface area (Å²) in [6.07, 6.45) is 25.6. The van der Waals surface area contributed by atoms with E-state index in [1.807, 2.05) is 32.9 Å². The zero-order valence-electron chi connectivity index (χ0n) is 74.5. The molecule has 0 spiro atoms. The number of Topliss-reactive ketones (excluding diaryl/α,β-unsaturated/α-hetero) is 4. The zero-order chi connectivity index (χ0) is 97.0. The Balaban J connectivity index is 0.000000127. The Morgan fingerprint density at radius 3 is 0.971 bits per heavy atom. The molecule has 5 aromatic carbocycles. The van der Waals surface area contributed by atoms with Crippen LogP contribution < -0.4 is 0 Å². The van der Waals surface area contributed by atoms with Gasteiger partial charge in [0, 0.05) is 145 Å². The van der Waals surface area contributed by atoms with E-state index in [2.05, 4.69) is 70.8 Å². The molecule has 4 aliphatic carbocycles. The van der Waals surface area contributed by atoms with Gasteiger partial charge in [0.15, 0.2) is 34.8 Å². The highest BCUT2D eigenvalue weighted by molar-refractivity contribution is 9.10. The van der Waals surface area contributed by atoms with Crippen LogP contribution in [0, 0.1) is 93.2 Å². The summed E-state index contributed by atoms with van der Waals surface area (Å²) in [5.41, 5.74) is 9.75. The van der Waals surface area contributed by atoms with Gasteiger partial charge in [-0.05, 0) is 306 Å². The average molecular weight is 2030 g/mol. The molecule has 8 bridgehead atoms. The van der Waals surface area contributed by atoms with Crippen molar-refractivity contribution < 1.29 is 79.2 Å². The average Bonchev–Trinajstić information content (AvgIpc) is 1.58. The van der Waals surface area contributed by atoms with E-state index < -0.39 is 99.2 Å². The molecule has 8 aliphatic heterocycles. The van der Waals surface area contributed by atoms with E-state index in [1.165, 1.54) is 65.9 Å². The van der Waals surface area contributed by atoms with Crippen LogP contribution in [0.2, 0.25) is 5.02 Å². The van der Waals surface area contributed by atoms with Crippen molar-refractivity contribution in [3.8, 4) is 44.9 Å². The highest BCUT2D eigenvalue weighted by Crippen LogP contribution is 2.54. The Hall–Kier alpha value is -11.5. The second-order valence-electron chi connectivity index (χ2n) is 35.7. The summed E-state index contributed by atoms with van der Waals surface area (Å²) in [7, 11) is -15.9. The van der Waals surface area contributed by atoms with Crippen LogP contribution in [0.25, 0.3) is 44.9 Å². The number of sulfonamides is 4. The summed E-state index contributed by atoms with van der Waals surface area (Å²) in [5, 5.41) is 0.400. The van der Waals surface area contributed by atoms with E-state index in [1.54, 1.807) is 94.0 Å². The largest absolute Gasteiger partial charge is 0.298 e. The Bertz CT molecular complexity index is 6630. The fraction of sp³-hybridized carbons (Fsp3) is 0.337. The van der Waals surface area contributed by atoms with E-state index in [0.29, 0.717) is 133 Å². The number of rotatable bonds is 28. The van der Waals surface area contributed by atoms with Gasteiger partial charge in [-0.2, -0.15) is 17.2 Å². The second-order valence-corrected chi connectivity index (χ2v) is 44.3. The number of ketones is 4. The summed E-state index contributed by atoms with van der Waals surface area (Å²) in [5.74, 6) is -2.38. The maximum atomic E-state index is 14.5. The number of carbonyl (C=O) groups excluding carboxylic acids is 4. The third kappa shape index (κ3) is 20.3. The van der Waals surface area contributed by atoms with Crippen LogP contribution in [0.15, 0.2) is 220 Å². The van der Waals surface area contributed by atoms with Crippen molar-refractivity contribution in [1.29, 1.82) is 0 Å². The molecule has 4 atom stereocenters. The Morgan fingerprint density at radius 2 is 0.606 bits per heavy atom. The minimum Gasteiger partial charge on any atom is -0.298 e. The number of fused-ring (bicyclic) bond motifs is 4. The van der Waals surface area contributed by atoms with Crippen LogP contribution in [-0.4, -0.2) is 177 Å². The maximum absolute atomic E-state index is 14.5. The van der Waals surface area contributed by atoms with Crippen LogP contribution >= 0.6 is 27.5 Å².